The van der Waals surface area contributed by atoms with Crippen LogP contribution in [0.3, 0.4) is 0 Å². The maximum Gasteiger partial charge on any atom is 0.291 e. The fraction of sp³-hybridized carbons (Fsp3) is 0.357. The lowest BCUT2D eigenvalue weighted by Gasteiger charge is -2.08. The van der Waals surface area contributed by atoms with Gasteiger partial charge in [-0.3, -0.25) is 9.89 Å². The summed E-state index contributed by atoms with van der Waals surface area (Å²) in [6.45, 7) is 4.34. The topological polar surface area (TPSA) is 79.9 Å². The summed E-state index contributed by atoms with van der Waals surface area (Å²) < 4.78 is 5.23. The highest BCUT2D eigenvalue weighted by atomic mass is 16.5. The molecule has 0 unspecified atom stereocenters. The van der Waals surface area contributed by atoms with Gasteiger partial charge in [-0.05, 0) is 6.07 Å². The van der Waals surface area contributed by atoms with E-state index in [0.717, 1.165) is 11.3 Å². The van der Waals surface area contributed by atoms with E-state index in [9.17, 15) is 4.79 Å². The monoisotopic (exact) mass is 274 g/mol. The number of nitrogens with one attached hydrogen (secondary N) is 2. The average molecular weight is 274 g/mol. The molecule has 106 valence electrons. The van der Waals surface area contributed by atoms with E-state index in [4.69, 9.17) is 4.74 Å². The molecule has 0 saturated carbocycles. The summed E-state index contributed by atoms with van der Waals surface area (Å²) in [4.78, 5) is 16.1. The zero-order valence-electron chi connectivity index (χ0n) is 11.8. The predicted octanol–water partition coefficient (Wildman–Crippen LogP) is 1.87. The van der Waals surface area contributed by atoms with Crippen molar-refractivity contribution >= 4 is 5.91 Å². The predicted molar refractivity (Wildman–Crippen MR) is 74.6 cm³/mol. The Labute approximate surface area is 117 Å². The van der Waals surface area contributed by atoms with Crippen LogP contribution in [0.25, 0.3) is 0 Å². The number of nitrogens with zero attached hydrogens (tertiary/aromatic N) is 2. The van der Waals surface area contributed by atoms with E-state index in [2.05, 4.69) is 20.5 Å². The van der Waals surface area contributed by atoms with Crippen LogP contribution in [0, 0.1) is 0 Å². The summed E-state index contributed by atoms with van der Waals surface area (Å²) in [5.74, 6) is 1.50. The number of methoxy groups -OCH3 is 1. The molecule has 0 aliphatic carbocycles. The van der Waals surface area contributed by atoms with Gasteiger partial charge in [-0.25, -0.2) is 4.98 Å². The van der Waals surface area contributed by atoms with Crippen LogP contribution in [0.15, 0.2) is 24.3 Å². The van der Waals surface area contributed by atoms with E-state index in [1.165, 1.54) is 0 Å². The van der Waals surface area contributed by atoms with Crippen molar-refractivity contribution in [3.8, 4) is 5.75 Å². The molecule has 1 amide bonds. The summed E-state index contributed by atoms with van der Waals surface area (Å²) in [7, 11) is 1.60. The van der Waals surface area contributed by atoms with Crippen molar-refractivity contribution in [3.05, 3.63) is 41.5 Å². The van der Waals surface area contributed by atoms with Crippen LogP contribution in [-0.2, 0) is 6.54 Å². The van der Waals surface area contributed by atoms with E-state index in [0.29, 0.717) is 12.4 Å². The minimum Gasteiger partial charge on any atom is -0.496 e. The molecular weight excluding hydrogens is 256 g/mol. The number of hydrogen-bond acceptors (Lipinski definition) is 4. The summed E-state index contributed by atoms with van der Waals surface area (Å²) in [5.41, 5.74) is 0.906. The number of carbonyl (C=O) groups excluding carboxylic acids is 1. The Morgan fingerprint density at radius 1 is 1.40 bits per heavy atom. The maximum absolute atomic E-state index is 12.0. The smallest absolute Gasteiger partial charge is 0.291 e. The van der Waals surface area contributed by atoms with Gasteiger partial charge in [-0.15, -0.1) is 5.10 Å². The van der Waals surface area contributed by atoms with Crippen LogP contribution >= 0.6 is 0 Å². The normalized spacial score (nSPS) is 10.6. The second kappa shape index (κ2) is 6.18. The van der Waals surface area contributed by atoms with Gasteiger partial charge in [0.15, 0.2) is 0 Å². The Kier molecular flexibility index (Phi) is 4.34. The number of ether oxygens (including phenoxy) is 1. The Bertz CT molecular complexity index is 592. The number of para-hydroxylation sites is 1. The van der Waals surface area contributed by atoms with Crippen LogP contribution < -0.4 is 10.1 Å². The number of aromatic nitrogens is 3. The van der Waals surface area contributed by atoms with Crippen LogP contribution in [0.5, 0.6) is 5.75 Å². The highest BCUT2D eigenvalue weighted by Gasteiger charge is 2.14. The SMILES string of the molecule is COc1ccccc1CNC(=O)c1n[nH]c(C(C)C)n1. The third kappa shape index (κ3) is 3.14. The van der Waals surface area contributed by atoms with Crippen molar-refractivity contribution < 1.29 is 9.53 Å². The van der Waals surface area contributed by atoms with Crippen molar-refractivity contribution in [2.75, 3.05) is 7.11 Å². The number of H-pyrrole nitrogens is 1. The standard InChI is InChI=1S/C14H18N4O2/c1-9(2)12-16-13(18-17-12)14(19)15-8-10-6-4-5-7-11(10)20-3/h4-7,9H,8H2,1-3H3,(H,15,19)(H,16,17,18). The lowest BCUT2D eigenvalue weighted by molar-refractivity contribution is 0.0940. The molecule has 0 aliphatic heterocycles. The van der Waals surface area contributed by atoms with Gasteiger partial charge >= 0.3 is 0 Å². The molecule has 1 aromatic heterocycles. The number of aromatic amines is 1. The molecule has 0 aliphatic rings. The van der Waals surface area contributed by atoms with E-state index in [1.54, 1.807) is 7.11 Å². The number of carbonyl (C=O) groups is 1. The Balaban J connectivity index is 2.01. The number of hydrogen-bond donors (Lipinski definition) is 2. The van der Waals surface area contributed by atoms with Gasteiger partial charge in [0.25, 0.3) is 5.91 Å². The molecule has 0 radical (unpaired) electrons. The van der Waals surface area contributed by atoms with Crippen LogP contribution in [0.1, 0.15) is 41.8 Å². The first-order valence-electron chi connectivity index (χ1n) is 6.44. The molecule has 2 rings (SSSR count). The van der Waals surface area contributed by atoms with E-state index in [1.807, 2.05) is 38.1 Å². The molecule has 6 heteroatoms. The van der Waals surface area contributed by atoms with Gasteiger partial charge in [0.2, 0.25) is 5.82 Å². The fourth-order valence-corrected chi connectivity index (χ4v) is 1.74. The third-order valence-corrected chi connectivity index (χ3v) is 2.88. The lowest BCUT2D eigenvalue weighted by atomic mass is 10.2. The number of benzene rings is 1. The molecule has 1 heterocycles. The summed E-state index contributed by atoms with van der Waals surface area (Å²) >= 11 is 0. The van der Waals surface area contributed by atoms with Gasteiger partial charge in [-0.2, -0.15) is 0 Å². The molecule has 0 atom stereocenters. The average Bonchev–Trinajstić information content (AvgIpc) is 2.95. The zero-order chi connectivity index (χ0) is 14.5. The van der Waals surface area contributed by atoms with E-state index in [-0.39, 0.29) is 17.6 Å². The zero-order valence-corrected chi connectivity index (χ0v) is 11.8. The molecule has 2 aromatic rings. The van der Waals surface area contributed by atoms with Crippen molar-refractivity contribution in [1.29, 1.82) is 0 Å². The molecule has 0 spiro atoms. The van der Waals surface area contributed by atoms with Crippen molar-refractivity contribution in [2.24, 2.45) is 0 Å². The molecule has 0 saturated heterocycles. The number of amides is 1. The van der Waals surface area contributed by atoms with Gasteiger partial charge in [0, 0.05) is 18.0 Å². The molecule has 1 aromatic carbocycles. The van der Waals surface area contributed by atoms with Gasteiger partial charge in [0.1, 0.15) is 11.6 Å². The first-order valence-corrected chi connectivity index (χ1v) is 6.44. The minimum absolute atomic E-state index is 0.156. The van der Waals surface area contributed by atoms with Crippen molar-refractivity contribution in [1.82, 2.24) is 20.5 Å². The highest BCUT2D eigenvalue weighted by Crippen LogP contribution is 2.16. The van der Waals surface area contributed by atoms with Crippen LogP contribution in [-0.4, -0.2) is 28.2 Å². The quantitative estimate of drug-likeness (QED) is 0.872. The lowest BCUT2D eigenvalue weighted by Crippen LogP contribution is -2.24. The first-order chi connectivity index (χ1) is 9.61. The fourth-order valence-electron chi connectivity index (χ4n) is 1.74. The van der Waals surface area contributed by atoms with Gasteiger partial charge < -0.3 is 10.1 Å². The molecule has 6 nitrogen and oxygen atoms in total. The molecular formula is C14H18N4O2. The van der Waals surface area contributed by atoms with Gasteiger partial charge in [-0.1, -0.05) is 32.0 Å². The largest absolute Gasteiger partial charge is 0.496 e. The number of rotatable bonds is 5. The molecule has 20 heavy (non-hydrogen) atoms. The maximum atomic E-state index is 12.0. The Morgan fingerprint density at radius 2 is 2.15 bits per heavy atom. The highest BCUT2D eigenvalue weighted by molar-refractivity contribution is 5.90. The Hall–Kier alpha value is -2.37. The minimum atomic E-state index is -0.306. The second-order valence-corrected chi connectivity index (χ2v) is 4.69. The van der Waals surface area contributed by atoms with Crippen LogP contribution in [0.2, 0.25) is 0 Å². The molecule has 0 bridgehead atoms. The van der Waals surface area contributed by atoms with Crippen molar-refractivity contribution in [2.45, 2.75) is 26.3 Å². The first kappa shape index (κ1) is 14.0. The third-order valence-electron chi connectivity index (χ3n) is 2.88. The van der Waals surface area contributed by atoms with Gasteiger partial charge in [0.05, 0.1) is 7.11 Å². The summed E-state index contributed by atoms with van der Waals surface area (Å²) in [6, 6.07) is 7.53. The summed E-state index contributed by atoms with van der Waals surface area (Å²) in [5, 5.41) is 9.45. The summed E-state index contributed by atoms with van der Waals surface area (Å²) in [6.07, 6.45) is 0. The van der Waals surface area contributed by atoms with E-state index >= 15 is 0 Å². The molecule has 0 fully saturated rings. The van der Waals surface area contributed by atoms with E-state index < -0.39 is 0 Å². The van der Waals surface area contributed by atoms with Crippen molar-refractivity contribution in [3.63, 3.8) is 0 Å². The Morgan fingerprint density at radius 3 is 2.80 bits per heavy atom. The molecule has 2 N–H and O–H groups in total. The van der Waals surface area contributed by atoms with Crippen LogP contribution in [0.4, 0.5) is 0 Å². The second-order valence-electron chi connectivity index (χ2n) is 4.69.